The summed E-state index contributed by atoms with van der Waals surface area (Å²) in [6, 6.07) is 8.19. The monoisotopic (exact) mass is 218 g/mol. The Labute approximate surface area is 93.3 Å². The number of nitrogens with zero attached hydrogens (tertiary/aromatic N) is 2. The fourth-order valence-corrected chi connectivity index (χ4v) is 1.21. The lowest BCUT2D eigenvalue weighted by atomic mass is 9.78. The molecule has 1 N–H and O–H groups in total. The van der Waals surface area contributed by atoms with E-state index in [2.05, 4.69) is 12.6 Å². The van der Waals surface area contributed by atoms with Gasteiger partial charge in [0.05, 0.1) is 17.1 Å². The Morgan fingerprint density at radius 1 is 1.33 bits per heavy atom. The fourth-order valence-electron chi connectivity index (χ4n) is 1.07. The predicted octanol–water partition coefficient (Wildman–Crippen LogP) is 0.0214. The number of benzene rings is 1. The number of rotatable bonds is 3. The lowest BCUT2D eigenvalue weighted by Gasteiger charge is -2.06. The maximum absolute atomic E-state index is 9.44. The Morgan fingerprint density at radius 3 is 2.53 bits per heavy atom. The largest absolute Gasteiger partial charge is 0.491 e. The van der Waals surface area contributed by atoms with Crippen molar-refractivity contribution < 1.29 is 9.68 Å². The summed E-state index contributed by atoms with van der Waals surface area (Å²) in [4.78, 5) is 0. The van der Waals surface area contributed by atoms with Gasteiger partial charge < -0.3 is 9.68 Å². The summed E-state index contributed by atoms with van der Waals surface area (Å²) >= 11 is 3.80. The molecule has 6 heteroatoms. The van der Waals surface area contributed by atoms with Gasteiger partial charge in [0.15, 0.2) is 0 Å². The number of hydrogen-bond donors (Lipinski definition) is 2. The third-order valence-electron chi connectivity index (χ3n) is 1.80. The van der Waals surface area contributed by atoms with Crippen LogP contribution in [-0.4, -0.2) is 18.1 Å². The van der Waals surface area contributed by atoms with Gasteiger partial charge >= 0.3 is 7.12 Å². The fraction of sp³-hybridized carbons (Fsp3) is 0.111. The van der Waals surface area contributed by atoms with Gasteiger partial charge in [0.2, 0.25) is 0 Å². The van der Waals surface area contributed by atoms with E-state index in [1.165, 1.54) is 18.2 Å². The van der Waals surface area contributed by atoms with Crippen molar-refractivity contribution in [3.8, 4) is 12.1 Å². The summed E-state index contributed by atoms with van der Waals surface area (Å²) in [7, 11) is -1.12. The molecule has 0 saturated heterocycles. The van der Waals surface area contributed by atoms with Crippen LogP contribution in [0, 0.1) is 22.7 Å². The number of nitriles is 2. The Morgan fingerprint density at radius 2 is 2.00 bits per heavy atom. The van der Waals surface area contributed by atoms with E-state index in [4.69, 9.17) is 15.2 Å². The lowest BCUT2D eigenvalue weighted by Crippen LogP contribution is -2.33. The molecule has 0 saturated carbocycles. The molecule has 0 aliphatic heterocycles. The van der Waals surface area contributed by atoms with Gasteiger partial charge in [-0.15, -0.1) is 0 Å². The molecule has 0 radical (unpaired) electrons. The standard InChI is InChI=1S/C9H7BN2O2S/c11-4-7-1-2-9(3-8(7)5-12)10(13)14-6-15/h1-3,13,15H,6H2. The highest BCUT2D eigenvalue weighted by atomic mass is 32.1. The van der Waals surface area contributed by atoms with Gasteiger partial charge in [-0.05, 0) is 17.6 Å². The van der Waals surface area contributed by atoms with E-state index in [0.29, 0.717) is 5.46 Å². The third kappa shape index (κ3) is 2.74. The highest BCUT2D eigenvalue weighted by molar-refractivity contribution is 7.80. The van der Waals surface area contributed by atoms with Gasteiger partial charge in [-0.2, -0.15) is 23.2 Å². The summed E-state index contributed by atoms with van der Waals surface area (Å²) in [6.45, 7) is 0. The first-order valence-corrected chi connectivity index (χ1v) is 4.71. The van der Waals surface area contributed by atoms with E-state index >= 15 is 0 Å². The van der Waals surface area contributed by atoms with Gasteiger partial charge in [-0.1, -0.05) is 6.07 Å². The van der Waals surface area contributed by atoms with Crippen molar-refractivity contribution in [2.75, 3.05) is 5.94 Å². The molecular formula is C9H7BN2O2S. The molecule has 0 spiro atoms. The van der Waals surface area contributed by atoms with Gasteiger partial charge in [0.25, 0.3) is 0 Å². The first-order chi connectivity index (χ1) is 7.22. The van der Waals surface area contributed by atoms with Crippen molar-refractivity contribution in [3.05, 3.63) is 29.3 Å². The molecule has 1 aromatic carbocycles. The SMILES string of the molecule is N#Cc1ccc(B(O)OCS)cc1C#N. The zero-order valence-electron chi connectivity index (χ0n) is 7.71. The van der Waals surface area contributed by atoms with Crippen LogP contribution in [0.2, 0.25) is 0 Å². The molecule has 0 unspecified atom stereocenters. The molecule has 0 fully saturated rings. The second kappa shape index (κ2) is 5.42. The molecule has 0 atom stereocenters. The summed E-state index contributed by atoms with van der Waals surface area (Å²) < 4.78 is 4.83. The molecule has 0 aliphatic carbocycles. The average molecular weight is 218 g/mol. The van der Waals surface area contributed by atoms with E-state index < -0.39 is 7.12 Å². The minimum Gasteiger partial charge on any atom is -0.423 e. The zero-order chi connectivity index (χ0) is 11.3. The van der Waals surface area contributed by atoms with Crippen molar-refractivity contribution in [2.45, 2.75) is 0 Å². The minimum absolute atomic E-state index is 0.0725. The maximum Gasteiger partial charge on any atom is 0.491 e. The molecule has 4 nitrogen and oxygen atoms in total. The molecule has 1 rings (SSSR count). The highest BCUT2D eigenvalue weighted by Gasteiger charge is 2.17. The van der Waals surface area contributed by atoms with Crippen LogP contribution in [0.1, 0.15) is 11.1 Å². The first kappa shape index (κ1) is 11.6. The van der Waals surface area contributed by atoms with E-state index in [1.54, 1.807) is 0 Å². The van der Waals surface area contributed by atoms with Gasteiger partial charge in [-0.3, -0.25) is 0 Å². The summed E-state index contributed by atoms with van der Waals surface area (Å²) in [5, 5.41) is 26.9. The molecule has 0 aromatic heterocycles. The van der Waals surface area contributed by atoms with Crippen molar-refractivity contribution in [1.82, 2.24) is 0 Å². The predicted molar refractivity (Wildman–Crippen MR) is 58.4 cm³/mol. The van der Waals surface area contributed by atoms with Crippen LogP contribution in [-0.2, 0) is 4.65 Å². The molecule has 0 aliphatic rings. The Bertz CT molecular complexity index is 439. The normalized spacial score (nSPS) is 9.07. The van der Waals surface area contributed by atoms with Crippen LogP contribution in [0.4, 0.5) is 0 Å². The Hall–Kier alpha value is -1.47. The average Bonchev–Trinajstić information content (AvgIpc) is 2.28. The van der Waals surface area contributed by atoms with Crippen LogP contribution in [0.5, 0.6) is 0 Å². The van der Waals surface area contributed by atoms with Crippen molar-refractivity contribution in [1.29, 1.82) is 10.5 Å². The van der Waals surface area contributed by atoms with E-state index in [1.807, 2.05) is 12.1 Å². The molecular weight excluding hydrogens is 211 g/mol. The van der Waals surface area contributed by atoms with Crippen LogP contribution in [0.15, 0.2) is 18.2 Å². The van der Waals surface area contributed by atoms with Crippen molar-refractivity contribution >= 4 is 25.2 Å². The quantitative estimate of drug-likeness (QED) is 0.426. The van der Waals surface area contributed by atoms with Crippen molar-refractivity contribution in [2.24, 2.45) is 0 Å². The Balaban J connectivity index is 3.05. The Kier molecular flexibility index (Phi) is 4.20. The molecule has 0 amide bonds. The van der Waals surface area contributed by atoms with E-state index in [9.17, 15) is 5.02 Å². The second-order valence-electron chi connectivity index (χ2n) is 2.68. The topological polar surface area (TPSA) is 77.0 Å². The lowest BCUT2D eigenvalue weighted by molar-refractivity contribution is 0.327. The highest BCUT2D eigenvalue weighted by Crippen LogP contribution is 2.04. The molecule has 15 heavy (non-hydrogen) atoms. The van der Waals surface area contributed by atoms with Crippen LogP contribution < -0.4 is 5.46 Å². The zero-order valence-corrected chi connectivity index (χ0v) is 8.61. The summed E-state index contributed by atoms with van der Waals surface area (Å²) in [5.41, 5.74) is 0.927. The summed E-state index contributed by atoms with van der Waals surface area (Å²) in [6.07, 6.45) is 0. The van der Waals surface area contributed by atoms with E-state index in [-0.39, 0.29) is 17.1 Å². The van der Waals surface area contributed by atoms with Crippen LogP contribution >= 0.6 is 12.6 Å². The van der Waals surface area contributed by atoms with Gasteiger partial charge in [0, 0.05) is 0 Å². The molecule has 0 heterocycles. The van der Waals surface area contributed by atoms with Gasteiger partial charge in [0.1, 0.15) is 12.1 Å². The van der Waals surface area contributed by atoms with Crippen molar-refractivity contribution in [3.63, 3.8) is 0 Å². The molecule has 0 bridgehead atoms. The minimum atomic E-state index is -1.12. The number of hydrogen-bond acceptors (Lipinski definition) is 5. The van der Waals surface area contributed by atoms with E-state index in [0.717, 1.165) is 0 Å². The molecule has 1 aromatic rings. The maximum atomic E-state index is 9.44. The number of thiol groups is 1. The second-order valence-corrected chi connectivity index (χ2v) is 2.93. The third-order valence-corrected chi connectivity index (χ3v) is 1.95. The smallest absolute Gasteiger partial charge is 0.423 e. The van der Waals surface area contributed by atoms with Crippen LogP contribution in [0.25, 0.3) is 0 Å². The molecule has 74 valence electrons. The summed E-state index contributed by atoms with van der Waals surface area (Å²) in [5.74, 6) is 0.0725. The first-order valence-electron chi connectivity index (χ1n) is 4.07. The van der Waals surface area contributed by atoms with Gasteiger partial charge in [-0.25, -0.2) is 0 Å². The van der Waals surface area contributed by atoms with Crippen LogP contribution in [0.3, 0.4) is 0 Å².